The van der Waals surface area contributed by atoms with Gasteiger partial charge in [-0.1, -0.05) is 6.92 Å². The molecule has 1 aliphatic heterocycles. The van der Waals surface area contributed by atoms with Gasteiger partial charge < -0.3 is 9.64 Å². The van der Waals surface area contributed by atoms with E-state index in [4.69, 9.17) is 4.74 Å². The third-order valence-electron chi connectivity index (χ3n) is 2.03. The maximum Gasteiger partial charge on any atom is 0.314 e. The zero-order chi connectivity index (χ0) is 8.97. The van der Waals surface area contributed by atoms with Gasteiger partial charge in [0.1, 0.15) is 6.67 Å². The largest absolute Gasteiger partial charge is 0.467 e. The van der Waals surface area contributed by atoms with E-state index in [-0.39, 0.29) is 0 Å². The van der Waals surface area contributed by atoms with Crippen molar-refractivity contribution in [2.75, 3.05) is 13.8 Å². The van der Waals surface area contributed by atoms with Crippen LogP contribution in [0, 0.1) is 0 Å². The smallest absolute Gasteiger partial charge is 0.314 e. The maximum absolute atomic E-state index is 4.88. The number of rotatable bonds is 2. The monoisotopic (exact) mass is 169 g/mol. The van der Waals surface area contributed by atoms with E-state index in [1.54, 1.807) is 13.4 Å². The van der Waals surface area contributed by atoms with Crippen molar-refractivity contribution in [1.29, 1.82) is 0 Å². The van der Waals surface area contributed by atoms with E-state index in [2.05, 4.69) is 28.7 Å². The molecular weight excluding hydrogens is 154 g/mol. The average Bonchev–Trinajstić information content (AvgIpc) is 2.17. The minimum atomic E-state index is 0.467. The Labute approximate surface area is 73.0 Å². The van der Waals surface area contributed by atoms with Gasteiger partial charge in [0.25, 0.3) is 0 Å². The number of aliphatic imine (C=N–C) groups is 2. The van der Waals surface area contributed by atoms with Crippen molar-refractivity contribution < 1.29 is 4.74 Å². The lowest BCUT2D eigenvalue weighted by molar-refractivity contribution is 0.321. The molecular formula is C8H15N3O. The molecule has 0 aromatic carbocycles. The summed E-state index contributed by atoms with van der Waals surface area (Å²) in [5, 5.41) is 0. The normalized spacial score (nSPS) is 18.9. The van der Waals surface area contributed by atoms with Gasteiger partial charge in [-0.05, 0) is 13.3 Å². The lowest BCUT2D eigenvalue weighted by Crippen LogP contribution is -2.34. The van der Waals surface area contributed by atoms with Gasteiger partial charge in [-0.2, -0.15) is 4.99 Å². The predicted molar refractivity (Wildman–Crippen MR) is 49.4 cm³/mol. The van der Waals surface area contributed by atoms with Crippen molar-refractivity contribution in [3.63, 3.8) is 0 Å². The Morgan fingerprint density at radius 3 is 2.92 bits per heavy atom. The fourth-order valence-corrected chi connectivity index (χ4v) is 0.948. The summed E-state index contributed by atoms with van der Waals surface area (Å²) in [4.78, 5) is 10.2. The van der Waals surface area contributed by atoms with Crippen molar-refractivity contribution in [1.82, 2.24) is 4.90 Å². The highest BCUT2D eigenvalue weighted by Crippen LogP contribution is 2.04. The Morgan fingerprint density at radius 1 is 1.75 bits per heavy atom. The Balaban J connectivity index is 2.48. The number of ether oxygens (including phenoxy) is 1. The van der Waals surface area contributed by atoms with Crippen LogP contribution < -0.4 is 0 Å². The van der Waals surface area contributed by atoms with Gasteiger partial charge in [0.15, 0.2) is 0 Å². The summed E-state index contributed by atoms with van der Waals surface area (Å²) in [6.07, 6.45) is 2.89. The highest BCUT2D eigenvalue weighted by atomic mass is 16.5. The standard InChI is InChI=1S/C8H15N3O/c1-4-7(2)11-5-9-8(12-3)10-6-11/h5,7H,4,6H2,1-3H3. The first-order valence-corrected chi connectivity index (χ1v) is 4.16. The van der Waals surface area contributed by atoms with Crippen LogP contribution in [-0.2, 0) is 4.74 Å². The predicted octanol–water partition coefficient (Wildman–Crippen LogP) is 1.09. The number of methoxy groups -OCH3 is 1. The first kappa shape index (κ1) is 9.03. The molecule has 1 rings (SSSR count). The number of hydrogen-bond donors (Lipinski definition) is 0. The molecule has 1 unspecified atom stereocenters. The maximum atomic E-state index is 4.88. The fourth-order valence-electron chi connectivity index (χ4n) is 0.948. The van der Waals surface area contributed by atoms with E-state index in [9.17, 15) is 0 Å². The Kier molecular flexibility index (Phi) is 3.08. The molecule has 1 heterocycles. The minimum Gasteiger partial charge on any atom is -0.467 e. The summed E-state index contributed by atoms with van der Waals surface area (Å²) in [5.41, 5.74) is 0. The van der Waals surface area contributed by atoms with Crippen molar-refractivity contribution in [2.45, 2.75) is 26.3 Å². The van der Waals surface area contributed by atoms with Crippen LogP contribution in [0.3, 0.4) is 0 Å². The molecule has 1 aliphatic rings. The van der Waals surface area contributed by atoms with Crippen LogP contribution >= 0.6 is 0 Å². The molecule has 0 amide bonds. The van der Waals surface area contributed by atoms with Gasteiger partial charge >= 0.3 is 6.02 Å². The Morgan fingerprint density at radius 2 is 2.50 bits per heavy atom. The van der Waals surface area contributed by atoms with Crippen LogP contribution in [0.1, 0.15) is 20.3 Å². The highest BCUT2D eigenvalue weighted by Gasteiger charge is 2.11. The van der Waals surface area contributed by atoms with E-state index < -0.39 is 0 Å². The molecule has 0 fully saturated rings. The molecule has 0 saturated heterocycles. The van der Waals surface area contributed by atoms with Crippen LogP contribution in [0.2, 0.25) is 0 Å². The average molecular weight is 169 g/mol. The van der Waals surface area contributed by atoms with Crippen molar-refractivity contribution in [3.8, 4) is 0 Å². The molecule has 4 nitrogen and oxygen atoms in total. The second kappa shape index (κ2) is 4.09. The van der Waals surface area contributed by atoms with Gasteiger partial charge in [0.2, 0.25) is 0 Å². The lowest BCUT2D eigenvalue weighted by atomic mass is 10.2. The molecule has 0 N–H and O–H groups in total. The van der Waals surface area contributed by atoms with Crippen molar-refractivity contribution in [3.05, 3.63) is 0 Å². The summed E-state index contributed by atoms with van der Waals surface area (Å²) >= 11 is 0. The third kappa shape index (κ3) is 1.96. The van der Waals surface area contributed by atoms with E-state index in [1.807, 2.05) is 0 Å². The molecule has 4 heteroatoms. The van der Waals surface area contributed by atoms with E-state index >= 15 is 0 Å². The second-order valence-electron chi connectivity index (χ2n) is 2.80. The third-order valence-corrected chi connectivity index (χ3v) is 2.03. The summed E-state index contributed by atoms with van der Waals surface area (Å²) in [6, 6.07) is 0.963. The summed E-state index contributed by atoms with van der Waals surface area (Å²) < 4.78 is 4.88. The van der Waals surface area contributed by atoms with Crippen LogP contribution in [0.25, 0.3) is 0 Å². The highest BCUT2D eigenvalue weighted by molar-refractivity contribution is 5.84. The fraction of sp³-hybridized carbons (Fsp3) is 0.750. The topological polar surface area (TPSA) is 37.2 Å². The zero-order valence-electron chi connectivity index (χ0n) is 7.82. The van der Waals surface area contributed by atoms with Gasteiger partial charge in [0.05, 0.1) is 13.4 Å². The second-order valence-corrected chi connectivity index (χ2v) is 2.80. The van der Waals surface area contributed by atoms with E-state index in [0.29, 0.717) is 18.7 Å². The number of hydrogen-bond acceptors (Lipinski definition) is 4. The quantitative estimate of drug-likeness (QED) is 0.620. The Bertz CT molecular complexity index is 200. The molecule has 0 radical (unpaired) electrons. The van der Waals surface area contributed by atoms with Crippen molar-refractivity contribution in [2.24, 2.45) is 9.98 Å². The molecule has 0 aromatic heterocycles. The summed E-state index contributed by atoms with van der Waals surface area (Å²) in [5.74, 6) is 0. The summed E-state index contributed by atoms with van der Waals surface area (Å²) in [7, 11) is 1.58. The molecule has 0 spiro atoms. The lowest BCUT2D eigenvalue weighted by Gasteiger charge is -2.25. The molecule has 1 atom stereocenters. The van der Waals surface area contributed by atoms with Crippen molar-refractivity contribution >= 4 is 12.4 Å². The molecule has 0 aromatic rings. The molecule has 0 bridgehead atoms. The zero-order valence-corrected chi connectivity index (χ0v) is 7.82. The van der Waals surface area contributed by atoms with Gasteiger partial charge in [-0.15, -0.1) is 0 Å². The van der Waals surface area contributed by atoms with Gasteiger partial charge in [0, 0.05) is 6.04 Å². The first-order chi connectivity index (χ1) is 5.77. The minimum absolute atomic E-state index is 0.467. The Hall–Kier alpha value is -1.06. The molecule has 12 heavy (non-hydrogen) atoms. The number of nitrogens with zero attached hydrogens (tertiary/aromatic N) is 3. The summed E-state index contributed by atoms with van der Waals surface area (Å²) in [6.45, 7) is 4.95. The van der Waals surface area contributed by atoms with Crippen LogP contribution in [0.5, 0.6) is 0 Å². The molecule has 0 aliphatic carbocycles. The first-order valence-electron chi connectivity index (χ1n) is 4.16. The van der Waals surface area contributed by atoms with Crippen LogP contribution in [0.15, 0.2) is 9.98 Å². The van der Waals surface area contributed by atoms with E-state index in [1.165, 1.54) is 0 Å². The number of amidine groups is 1. The molecule has 68 valence electrons. The van der Waals surface area contributed by atoms with Gasteiger partial charge in [-0.3, -0.25) is 0 Å². The van der Waals surface area contributed by atoms with Crippen LogP contribution in [0.4, 0.5) is 0 Å². The SMILES string of the molecule is CCC(C)N1C=NC(OC)=NC1. The van der Waals surface area contributed by atoms with Crippen LogP contribution in [-0.4, -0.2) is 37.1 Å². The van der Waals surface area contributed by atoms with Gasteiger partial charge in [-0.25, -0.2) is 4.99 Å². The van der Waals surface area contributed by atoms with E-state index in [0.717, 1.165) is 6.42 Å². The molecule has 0 saturated carbocycles.